The summed E-state index contributed by atoms with van der Waals surface area (Å²) < 4.78 is 0. The van der Waals surface area contributed by atoms with Gasteiger partial charge < -0.3 is 21.9 Å². The van der Waals surface area contributed by atoms with Crippen LogP contribution in [-0.2, 0) is 39.3 Å². The van der Waals surface area contributed by atoms with E-state index in [1.54, 1.807) is 0 Å². The largest absolute Gasteiger partial charge is 6.00 e. The Labute approximate surface area is 76.3 Å². The van der Waals surface area contributed by atoms with Crippen LogP contribution in [0.3, 0.4) is 0 Å². The third-order valence-electron chi connectivity index (χ3n) is 0. The van der Waals surface area contributed by atoms with Crippen molar-refractivity contribution in [2.75, 3.05) is 0 Å². The van der Waals surface area contributed by atoms with Gasteiger partial charge in [0.2, 0.25) is 0 Å². The molecule has 0 heterocycles. The molecule has 0 saturated carbocycles. The average Bonchev–Trinajstić information content (AvgIpc) is 0. The Morgan fingerprint density at radius 2 is 0.500 bits per heavy atom. The van der Waals surface area contributed by atoms with E-state index >= 15 is 0 Å². The first kappa shape index (κ1) is 126. The van der Waals surface area contributed by atoms with Gasteiger partial charge in [-0.1, -0.05) is 0 Å². The van der Waals surface area contributed by atoms with Gasteiger partial charge in [-0.05, 0) is 0 Å². The molecule has 6 heteroatoms. The van der Waals surface area contributed by atoms with Crippen LogP contribution in [0, 0.1) is 0 Å². The minimum Gasteiger partial charge on any atom is -2.00 e. The maximum Gasteiger partial charge on any atom is 6.00 e. The van der Waals surface area contributed by atoms with Crippen molar-refractivity contribution in [3.63, 3.8) is 0 Å². The van der Waals surface area contributed by atoms with Crippen LogP contribution in [-0.4, -0.2) is 37.7 Å². The molecule has 0 N–H and O–H groups in total. The van der Waals surface area contributed by atoms with E-state index in [0.717, 1.165) is 0 Å². The van der Waals surface area contributed by atoms with E-state index in [0.29, 0.717) is 0 Å². The molecule has 0 aromatic rings. The van der Waals surface area contributed by atoms with Crippen molar-refractivity contribution in [3.05, 3.63) is 0 Å². The van der Waals surface area contributed by atoms with Crippen LogP contribution < -0.4 is 0 Å². The van der Waals surface area contributed by atoms with Gasteiger partial charge >= 0.3 is 55.1 Å². The summed E-state index contributed by atoms with van der Waals surface area (Å²) in [6.45, 7) is 0. The molecule has 0 spiro atoms. The van der Waals surface area contributed by atoms with Crippen molar-refractivity contribution in [2.45, 2.75) is 0 Å². The molecule has 0 aromatic carbocycles. The van der Waals surface area contributed by atoms with Gasteiger partial charge in [-0.25, -0.2) is 0 Å². The zero-order valence-electron chi connectivity index (χ0n) is 2.75. The fourth-order valence-electron chi connectivity index (χ4n) is 0. The summed E-state index contributed by atoms with van der Waals surface area (Å²) in [7, 11) is 0. The monoisotopic (exact) mass is 156 g/mol. The van der Waals surface area contributed by atoms with Crippen LogP contribution in [0.5, 0.6) is 0 Å². The minimum absolute atomic E-state index is 0. The molecule has 0 rings (SSSR count). The smallest absolute Gasteiger partial charge is 2.00 e. The van der Waals surface area contributed by atoms with Gasteiger partial charge in [0.25, 0.3) is 0 Å². The Kier molecular flexibility index (Phi) is 1660. The molecule has 0 radical (unpaired) electrons. The summed E-state index contributed by atoms with van der Waals surface area (Å²) in [4.78, 5) is 0. The number of hydrogen-bond acceptors (Lipinski definition) is 0. The van der Waals surface area contributed by atoms with Crippen molar-refractivity contribution in [1.29, 1.82) is 0 Å². The van der Waals surface area contributed by atoms with Crippen molar-refractivity contribution >= 4 is 37.7 Å². The Hall–Kier alpha value is 1.63. The molecule has 32 valence electrons. The Balaban J connectivity index is 0. The zero-order chi connectivity index (χ0) is 0. The summed E-state index contributed by atoms with van der Waals surface area (Å²) in [6.07, 6.45) is 0. The van der Waals surface area contributed by atoms with Crippen molar-refractivity contribution in [1.82, 2.24) is 0 Å². The van der Waals surface area contributed by atoms with Crippen molar-refractivity contribution < 1.29 is 39.3 Å². The van der Waals surface area contributed by atoms with Gasteiger partial charge in [-0.15, -0.1) is 0 Å². The molecule has 0 amide bonds. The van der Waals surface area contributed by atoms with Crippen LogP contribution >= 0.6 is 0 Å². The zero-order valence-corrected chi connectivity index (χ0v) is 6.23. The van der Waals surface area contributed by atoms with E-state index in [-0.39, 0.29) is 77.0 Å². The van der Waals surface area contributed by atoms with Gasteiger partial charge in [0, 0.05) is 0 Å². The second-order valence-corrected chi connectivity index (χ2v) is 0. The number of hydrogen-bond donors (Lipinski definition) is 0. The van der Waals surface area contributed by atoms with Crippen LogP contribution in [0.1, 0.15) is 0 Å². The van der Waals surface area contributed by atoms with Crippen LogP contribution in [0.25, 0.3) is 0 Å². The second kappa shape index (κ2) is 79.0. The molecule has 0 atom stereocenters. The minimum atomic E-state index is 0. The normalized spacial score (nSPS) is 0. The average molecular weight is 156 g/mol. The topological polar surface area (TPSA) is 114 Å². The van der Waals surface area contributed by atoms with E-state index in [9.17, 15) is 0 Å². The van der Waals surface area contributed by atoms with Gasteiger partial charge in [0.1, 0.15) is 0 Å². The molecule has 0 aliphatic rings. The molecule has 0 unspecified atom stereocenters. The number of rotatable bonds is 0. The molecule has 0 saturated heterocycles. The van der Waals surface area contributed by atoms with Crippen molar-refractivity contribution in [3.8, 4) is 0 Å². The summed E-state index contributed by atoms with van der Waals surface area (Å²) in [6, 6.07) is 0. The van der Waals surface area contributed by atoms with Crippen LogP contribution in [0.2, 0.25) is 0 Å². The summed E-state index contributed by atoms with van der Waals surface area (Å²) in [5.74, 6) is 0. The van der Waals surface area contributed by atoms with Crippen LogP contribution in [0.4, 0.5) is 0 Å². The maximum absolute atomic E-state index is 0. The van der Waals surface area contributed by atoms with E-state index in [1.165, 1.54) is 0 Å². The van der Waals surface area contributed by atoms with E-state index in [4.69, 9.17) is 0 Å². The first-order chi connectivity index (χ1) is 0. The molecule has 0 aliphatic heterocycles. The van der Waals surface area contributed by atoms with Crippen molar-refractivity contribution in [2.24, 2.45) is 0 Å². The molecular formula is CaCrO4. The molecule has 0 aromatic heterocycles. The Morgan fingerprint density at radius 1 is 0.500 bits per heavy atom. The first-order valence-electron chi connectivity index (χ1n) is 0. The first-order valence-corrected chi connectivity index (χ1v) is 0. The van der Waals surface area contributed by atoms with E-state index in [2.05, 4.69) is 0 Å². The fraction of sp³-hybridized carbons (Fsp3) is 0. The van der Waals surface area contributed by atoms with Gasteiger partial charge in [0.15, 0.2) is 0 Å². The van der Waals surface area contributed by atoms with Gasteiger partial charge in [-0.3, -0.25) is 0 Å². The molecule has 0 fully saturated rings. The molecule has 4 nitrogen and oxygen atoms in total. The van der Waals surface area contributed by atoms with Gasteiger partial charge in [-0.2, -0.15) is 0 Å². The quantitative estimate of drug-likeness (QED) is 0.406. The standard InChI is InChI=1S/Ca.Cr.4O/q+2;+6;4*-2. The molecule has 0 aliphatic carbocycles. The molecular weight excluding hydrogens is 156 g/mol. The Morgan fingerprint density at radius 3 is 0.500 bits per heavy atom. The predicted molar refractivity (Wildman–Crippen MR) is 8.50 cm³/mol. The summed E-state index contributed by atoms with van der Waals surface area (Å²) >= 11 is 0. The van der Waals surface area contributed by atoms with E-state index < -0.39 is 0 Å². The predicted octanol–water partition coefficient (Wildman–Crippen LogP) is -0.859. The molecule has 6 heavy (non-hydrogen) atoms. The fourth-order valence-corrected chi connectivity index (χ4v) is 0. The van der Waals surface area contributed by atoms with Gasteiger partial charge in [0.05, 0.1) is 0 Å². The SMILES string of the molecule is [Ca+2].[Cr+6].[O-2].[O-2].[O-2].[O-2]. The second-order valence-electron chi connectivity index (χ2n) is 0. The molecule has 0 bridgehead atoms. The summed E-state index contributed by atoms with van der Waals surface area (Å²) in [5, 5.41) is 0. The van der Waals surface area contributed by atoms with E-state index in [1.807, 2.05) is 0 Å². The third kappa shape index (κ3) is 45.4. The Bertz CT molecular complexity index is 7.51. The summed E-state index contributed by atoms with van der Waals surface area (Å²) in [5.41, 5.74) is 0. The maximum atomic E-state index is 0. The van der Waals surface area contributed by atoms with Crippen LogP contribution in [0.15, 0.2) is 0 Å². The third-order valence-corrected chi connectivity index (χ3v) is 0.